The molecule has 1 aliphatic rings. The van der Waals surface area contributed by atoms with E-state index in [-0.39, 0.29) is 11.9 Å². The van der Waals surface area contributed by atoms with Crippen molar-refractivity contribution in [2.45, 2.75) is 12.5 Å². The molecule has 3 aromatic rings. The van der Waals surface area contributed by atoms with Crippen LogP contribution in [0.15, 0.2) is 41.5 Å². The average Bonchev–Trinajstić information content (AvgIpc) is 3.27. The van der Waals surface area contributed by atoms with Crippen LogP contribution < -0.4 is 10.2 Å². The van der Waals surface area contributed by atoms with E-state index in [2.05, 4.69) is 25.4 Å². The lowest BCUT2D eigenvalue weighted by Gasteiger charge is -2.17. The summed E-state index contributed by atoms with van der Waals surface area (Å²) in [4.78, 5) is 18.5. The molecule has 1 saturated heterocycles. The predicted octanol–water partition coefficient (Wildman–Crippen LogP) is 0.726. The molecule has 1 unspecified atom stereocenters. The van der Waals surface area contributed by atoms with Gasteiger partial charge in [0.2, 0.25) is 5.65 Å². The number of carbonyl (C=O) groups is 1. The van der Waals surface area contributed by atoms with Crippen molar-refractivity contribution in [2.24, 2.45) is 0 Å². The number of nitrogens with one attached hydrogen (secondary N) is 1. The van der Waals surface area contributed by atoms with Crippen LogP contribution in [0.5, 0.6) is 0 Å². The first-order valence-corrected chi connectivity index (χ1v) is 7.05. The van der Waals surface area contributed by atoms with Gasteiger partial charge >= 0.3 is 0 Å². The van der Waals surface area contributed by atoms with Gasteiger partial charge in [-0.2, -0.15) is 0 Å². The molecule has 1 fully saturated rings. The number of furan rings is 1. The van der Waals surface area contributed by atoms with Crippen molar-refractivity contribution in [3.63, 3.8) is 0 Å². The molecule has 8 heteroatoms. The Morgan fingerprint density at radius 2 is 2.41 bits per heavy atom. The van der Waals surface area contributed by atoms with Crippen LogP contribution in [0.1, 0.15) is 17.0 Å². The quantitative estimate of drug-likeness (QED) is 0.766. The third kappa shape index (κ3) is 2.18. The second-order valence-corrected chi connectivity index (χ2v) is 5.20. The normalized spacial score (nSPS) is 18.0. The summed E-state index contributed by atoms with van der Waals surface area (Å²) in [6.45, 7) is 1.49. The number of carbonyl (C=O) groups excluding carboxylic acids is 1. The standard InChI is InChI=1S/C14H14N6O2/c21-14(11-2-1-7-22-11)17-10-3-5-19(8-10)12-13-18-16-9-20(13)6-4-15-12/h1-2,4,6-7,9-10H,3,5,8H2,(H,17,21). The van der Waals surface area contributed by atoms with E-state index in [0.717, 1.165) is 24.4 Å². The number of hydrogen-bond donors (Lipinski definition) is 1. The van der Waals surface area contributed by atoms with Crippen LogP contribution in [0, 0.1) is 0 Å². The Bertz CT molecular complexity index is 797. The van der Waals surface area contributed by atoms with Gasteiger partial charge in [0, 0.05) is 31.5 Å². The summed E-state index contributed by atoms with van der Waals surface area (Å²) >= 11 is 0. The summed E-state index contributed by atoms with van der Waals surface area (Å²) in [5.41, 5.74) is 0.723. The predicted molar refractivity (Wildman–Crippen MR) is 77.6 cm³/mol. The van der Waals surface area contributed by atoms with Gasteiger partial charge in [-0.3, -0.25) is 9.20 Å². The molecule has 3 aromatic heterocycles. The Kier molecular flexibility index (Phi) is 2.99. The molecule has 1 N–H and O–H groups in total. The highest BCUT2D eigenvalue weighted by Crippen LogP contribution is 2.21. The second kappa shape index (κ2) is 5.14. The maximum absolute atomic E-state index is 12.0. The summed E-state index contributed by atoms with van der Waals surface area (Å²) in [5, 5.41) is 11.0. The molecule has 112 valence electrons. The van der Waals surface area contributed by atoms with Gasteiger partial charge in [-0.15, -0.1) is 10.2 Å². The van der Waals surface area contributed by atoms with E-state index in [1.165, 1.54) is 6.26 Å². The largest absolute Gasteiger partial charge is 0.459 e. The highest BCUT2D eigenvalue weighted by atomic mass is 16.3. The maximum atomic E-state index is 12.0. The number of rotatable bonds is 3. The van der Waals surface area contributed by atoms with Gasteiger partial charge in [0.1, 0.15) is 6.33 Å². The number of aromatic nitrogens is 4. The van der Waals surface area contributed by atoms with Gasteiger partial charge in [0.15, 0.2) is 11.6 Å². The lowest BCUT2D eigenvalue weighted by Crippen LogP contribution is -2.37. The number of amides is 1. The van der Waals surface area contributed by atoms with Gasteiger partial charge in [-0.05, 0) is 18.6 Å². The third-order valence-electron chi connectivity index (χ3n) is 3.77. The molecule has 4 rings (SSSR count). The second-order valence-electron chi connectivity index (χ2n) is 5.20. The molecule has 0 radical (unpaired) electrons. The molecular formula is C14H14N6O2. The molecule has 1 atom stereocenters. The summed E-state index contributed by atoms with van der Waals surface area (Å²) in [5.74, 6) is 0.927. The monoisotopic (exact) mass is 298 g/mol. The van der Waals surface area contributed by atoms with Gasteiger partial charge in [-0.25, -0.2) is 4.98 Å². The summed E-state index contributed by atoms with van der Waals surface area (Å²) in [7, 11) is 0. The molecule has 4 heterocycles. The van der Waals surface area contributed by atoms with Crippen molar-refractivity contribution in [1.29, 1.82) is 0 Å². The van der Waals surface area contributed by atoms with Crippen LogP contribution in [0.4, 0.5) is 5.82 Å². The highest BCUT2D eigenvalue weighted by molar-refractivity contribution is 5.91. The van der Waals surface area contributed by atoms with E-state index in [9.17, 15) is 4.79 Å². The minimum atomic E-state index is -0.189. The number of anilines is 1. The summed E-state index contributed by atoms with van der Waals surface area (Å²) in [6, 6.07) is 3.41. The number of hydrogen-bond acceptors (Lipinski definition) is 6. The Hall–Kier alpha value is -2.90. The van der Waals surface area contributed by atoms with E-state index < -0.39 is 0 Å². The summed E-state index contributed by atoms with van der Waals surface area (Å²) in [6.07, 6.45) is 7.52. The SMILES string of the molecule is O=C(NC1CCN(c2nccn3cnnc23)C1)c1ccco1. The van der Waals surface area contributed by atoms with E-state index in [1.807, 2.05) is 10.6 Å². The first-order valence-electron chi connectivity index (χ1n) is 7.05. The van der Waals surface area contributed by atoms with E-state index in [1.54, 1.807) is 24.7 Å². The zero-order valence-electron chi connectivity index (χ0n) is 11.7. The number of nitrogens with zero attached hydrogens (tertiary/aromatic N) is 5. The van der Waals surface area contributed by atoms with Crippen LogP contribution in [0.25, 0.3) is 5.65 Å². The minimum Gasteiger partial charge on any atom is -0.459 e. The Morgan fingerprint density at radius 1 is 1.45 bits per heavy atom. The van der Waals surface area contributed by atoms with Crippen LogP contribution in [-0.2, 0) is 0 Å². The molecule has 1 amide bonds. The van der Waals surface area contributed by atoms with E-state index in [4.69, 9.17) is 4.42 Å². The zero-order chi connectivity index (χ0) is 14.9. The van der Waals surface area contributed by atoms with Gasteiger partial charge in [0.25, 0.3) is 5.91 Å². The minimum absolute atomic E-state index is 0.0579. The molecule has 0 saturated carbocycles. The van der Waals surface area contributed by atoms with Crippen molar-refractivity contribution in [3.8, 4) is 0 Å². The van der Waals surface area contributed by atoms with Crippen molar-refractivity contribution < 1.29 is 9.21 Å². The topological polar surface area (TPSA) is 88.6 Å². The Morgan fingerprint density at radius 3 is 3.27 bits per heavy atom. The molecule has 22 heavy (non-hydrogen) atoms. The van der Waals surface area contributed by atoms with Crippen molar-refractivity contribution in [1.82, 2.24) is 24.9 Å². The van der Waals surface area contributed by atoms with Crippen LogP contribution in [0.3, 0.4) is 0 Å². The fourth-order valence-corrected chi connectivity index (χ4v) is 2.70. The molecular weight excluding hydrogens is 284 g/mol. The molecule has 1 aliphatic heterocycles. The van der Waals surface area contributed by atoms with Crippen molar-refractivity contribution >= 4 is 17.4 Å². The van der Waals surface area contributed by atoms with Gasteiger partial charge in [0.05, 0.1) is 6.26 Å². The zero-order valence-corrected chi connectivity index (χ0v) is 11.7. The summed E-state index contributed by atoms with van der Waals surface area (Å²) < 4.78 is 6.94. The first kappa shape index (κ1) is 12.8. The van der Waals surface area contributed by atoms with Crippen molar-refractivity contribution in [2.75, 3.05) is 18.0 Å². The first-order chi connectivity index (χ1) is 10.8. The fraction of sp³-hybridized carbons (Fsp3) is 0.286. The van der Waals surface area contributed by atoms with Crippen LogP contribution >= 0.6 is 0 Å². The van der Waals surface area contributed by atoms with Crippen LogP contribution in [-0.4, -0.2) is 44.6 Å². The maximum Gasteiger partial charge on any atom is 0.287 e. The fourth-order valence-electron chi connectivity index (χ4n) is 2.70. The Labute approximate surface area is 125 Å². The molecule has 0 spiro atoms. The molecule has 0 aliphatic carbocycles. The highest BCUT2D eigenvalue weighted by Gasteiger charge is 2.27. The van der Waals surface area contributed by atoms with Gasteiger partial charge < -0.3 is 14.6 Å². The molecule has 0 bridgehead atoms. The average molecular weight is 298 g/mol. The molecule has 8 nitrogen and oxygen atoms in total. The smallest absolute Gasteiger partial charge is 0.287 e. The lowest BCUT2D eigenvalue weighted by atomic mass is 10.2. The third-order valence-corrected chi connectivity index (χ3v) is 3.77. The van der Waals surface area contributed by atoms with E-state index in [0.29, 0.717) is 12.3 Å². The Balaban J connectivity index is 1.48. The van der Waals surface area contributed by atoms with Gasteiger partial charge in [-0.1, -0.05) is 0 Å². The van der Waals surface area contributed by atoms with E-state index >= 15 is 0 Å². The van der Waals surface area contributed by atoms with Crippen LogP contribution in [0.2, 0.25) is 0 Å². The van der Waals surface area contributed by atoms with Crippen molar-refractivity contribution in [3.05, 3.63) is 42.9 Å². The number of fused-ring (bicyclic) bond motifs is 1. The lowest BCUT2D eigenvalue weighted by molar-refractivity contribution is 0.0912. The molecule has 0 aromatic carbocycles.